The van der Waals surface area contributed by atoms with Crippen molar-refractivity contribution >= 4 is 5.91 Å². The van der Waals surface area contributed by atoms with Crippen LogP contribution in [-0.4, -0.2) is 42.1 Å². The molecule has 0 radical (unpaired) electrons. The van der Waals surface area contributed by atoms with Crippen LogP contribution in [0.25, 0.3) is 0 Å². The van der Waals surface area contributed by atoms with Crippen molar-refractivity contribution in [3.63, 3.8) is 0 Å². The lowest BCUT2D eigenvalue weighted by Crippen LogP contribution is -2.42. The summed E-state index contributed by atoms with van der Waals surface area (Å²) in [6.07, 6.45) is 6.86. The fourth-order valence-electron chi connectivity index (χ4n) is 2.33. The van der Waals surface area contributed by atoms with Crippen molar-refractivity contribution in [1.29, 1.82) is 0 Å². The summed E-state index contributed by atoms with van der Waals surface area (Å²) >= 11 is 0. The molecule has 1 amide bonds. The van der Waals surface area contributed by atoms with Gasteiger partial charge in [0.15, 0.2) is 0 Å². The number of nitrogens with one attached hydrogen (secondary N) is 2. The van der Waals surface area contributed by atoms with E-state index in [-0.39, 0.29) is 11.8 Å². The van der Waals surface area contributed by atoms with Gasteiger partial charge in [0.05, 0.1) is 6.54 Å². The molecule has 1 unspecified atom stereocenters. The number of carbonyl (C=O) groups is 1. The Balaban J connectivity index is 1.73. The van der Waals surface area contributed by atoms with E-state index in [4.69, 9.17) is 0 Å². The van der Waals surface area contributed by atoms with E-state index in [0.717, 1.165) is 38.2 Å². The molecule has 0 bridgehead atoms. The number of rotatable bonds is 7. The Labute approximate surface area is 127 Å². The lowest BCUT2D eigenvalue weighted by atomic mass is 10.2. The normalized spacial score (nSPS) is 20.0. The van der Waals surface area contributed by atoms with Gasteiger partial charge in [0.25, 0.3) is 0 Å². The quantitative estimate of drug-likeness (QED) is 0.699. The second kappa shape index (κ2) is 6.80. The van der Waals surface area contributed by atoms with Crippen LogP contribution in [0.1, 0.15) is 26.2 Å². The number of amides is 1. The second-order valence-electron chi connectivity index (χ2n) is 5.85. The van der Waals surface area contributed by atoms with Gasteiger partial charge >= 0.3 is 0 Å². The molecule has 2 aliphatic rings. The predicted octanol–water partition coefficient (Wildman–Crippen LogP) is 1.58. The van der Waals surface area contributed by atoms with Crippen molar-refractivity contribution in [2.75, 3.05) is 20.1 Å². The molecule has 2 rings (SSSR count). The summed E-state index contributed by atoms with van der Waals surface area (Å²) in [7, 11) is 2.07. The van der Waals surface area contributed by atoms with Crippen molar-refractivity contribution in [3.05, 3.63) is 36.8 Å². The number of hydrazine groups is 1. The Morgan fingerprint density at radius 3 is 2.90 bits per heavy atom. The highest BCUT2D eigenvalue weighted by atomic mass is 16.2. The van der Waals surface area contributed by atoms with E-state index in [1.807, 2.05) is 6.08 Å². The minimum Gasteiger partial charge on any atom is -0.369 e. The average molecular weight is 290 g/mol. The summed E-state index contributed by atoms with van der Waals surface area (Å²) in [6, 6.07) is 0.352. The van der Waals surface area contributed by atoms with E-state index in [1.54, 1.807) is 0 Å². The molecule has 2 fully saturated rings. The number of allylic oxidation sites excluding steroid dienone is 1. The van der Waals surface area contributed by atoms with Gasteiger partial charge in [-0.15, -0.1) is 0 Å². The maximum Gasteiger partial charge on any atom is 0.227 e. The number of nitrogens with zero attached hydrogens (tertiary/aromatic N) is 2. The SMILES string of the molecule is C=C(/C=C\CC(C)N(C)N1CCNC1=C)NC(=O)C1CC1. The first-order chi connectivity index (χ1) is 9.99. The number of hydrogen-bond acceptors (Lipinski definition) is 4. The van der Waals surface area contributed by atoms with Crippen LogP contribution < -0.4 is 10.6 Å². The Morgan fingerprint density at radius 2 is 2.33 bits per heavy atom. The minimum absolute atomic E-state index is 0.106. The van der Waals surface area contributed by atoms with Crippen LogP contribution in [0, 0.1) is 5.92 Å². The van der Waals surface area contributed by atoms with Gasteiger partial charge in [-0.05, 0) is 32.3 Å². The van der Waals surface area contributed by atoms with Crippen molar-refractivity contribution in [1.82, 2.24) is 20.7 Å². The van der Waals surface area contributed by atoms with Gasteiger partial charge < -0.3 is 10.6 Å². The van der Waals surface area contributed by atoms with Gasteiger partial charge in [-0.25, -0.2) is 5.01 Å². The zero-order valence-electron chi connectivity index (χ0n) is 13.1. The molecule has 1 atom stereocenters. The van der Waals surface area contributed by atoms with Crippen molar-refractivity contribution in [3.8, 4) is 0 Å². The van der Waals surface area contributed by atoms with Crippen molar-refractivity contribution in [2.45, 2.75) is 32.2 Å². The Morgan fingerprint density at radius 1 is 1.62 bits per heavy atom. The zero-order chi connectivity index (χ0) is 15.4. The van der Waals surface area contributed by atoms with Gasteiger partial charge in [-0.3, -0.25) is 9.80 Å². The van der Waals surface area contributed by atoms with E-state index in [1.165, 1.54) is 0 Å². The fourth-order valence-corrected chi connectivity index (χ4v) is 2.33. The van der Waals surface area contributed by atoms with Crippen LogP contribution in [-0.2, 0) is 4.79 Å². The predicted molar refractivity (Wildman–Crippen MR) is 84.8 cm³/mol. The summed E-state index contributed by atoms with van der Waals surface area (Å²) in [5, 5.41) is 10.4. The van der Waals surface area contributed by atoms with Crippen LogP contribution in [0.15, 0.2) is 36.8 Å². The van der Waals surface area contributed by atoms with E-state index in [0.29, 0.717) is 11.7 Å². The van der Waals surface area contributed by atoms with Crippen LogP contribution in [0.4, 0.5) is 0 Å². The molecule has 0 spiro atoms. The molecule has 21 heavy (non-hydrogen) atoms. The highest BCUT2D eigenvalue weighted by Crippen LogP contribution is 2.29. The van der Waals surface area contributed by atoms with E-state index in [9.17, 15) is 4.79 Å². The molecule has 0 aromatic heterocycles. The van der Waals surface area contributed by atoms with Gasteiger partial charge in [0.2, 0.25) is 5.91 Å². The van der Waals surface area contributed by atoms with Crippen molar-refractivity contribution in [2.24, 2.45) is 5.92 Å². The maximum atomic E-state index is 11.6. The molecule has 0 aromatic rings. The Hall–Kier alpha value is -1.75. The first-order valence-electron chi connectivity index (χ1n) is 7.58. The van der Waals surface area contributed by atoms with E-state index < -0.39 is 0 Å². The lowest BCUT2D eigenvalue weighted by Gasteiger charge is -2.34. The second-order valence-corrected chi connectivity index (χ2v) is 5.85. The summed E-state index contributed by atoms with van der Waals surface area (Å²) in [5.41, 5.74) is 0.675. The number of hydrogen-bond donors (Lipinski definition) is 2. The molecule has 116 valence electrons. The van der Waals surface area contributed by atoms with Gasteiger partial charge in [-0.2, -0.15) is 0 Å². The molecule has 1 aliphatic carbocycles. The minimum atomic E-state index is 0.106. The molecule has 2 N–H and O–H groups in total. The van der Waals surface area contributed by atoms with Gasteiger partial charge in [0, 0.05) is 31.2 Å². The fraction of sp³-hybridized carbons (Fsp3) is 0.562. The summed E-state index contributed by atoms with van der Waals surface area (Å²) in [4.78, 5) is 11.6. The third-order valence-corrected chi connectivity index (χ3v) is 4.01. The van der Waals surface area contributed by atoms with Crippen LogP contribution in [0.3, 0.4) is 0 Å². The van der Waals surface area contributed by atoms with Crippen molar-refractivity contribution < 1.29 is 4.79 Å². The third-order valence-electron chi connectivity index (χ3n) is 4.01. The third kappa shape index (κ3) is 4.36. The summed E-state index contributed by atoms with van der Waals surface area (Å²) in [5.74, 6) is 1.28. The van der Waals surface area contributed by atoms with Gasteiger partial charge in [-0.1, -0.05) is 19.2 Å². The molecular weight excluding hydrogens is 264 g/mol. The van der Waals surface area contributed by atoms with Crippen LogP contribution >= 0.6 is 0 Å². The molecule has 5 nitrogen and oxygen atoms in total. The monoisotopic (exact) mass is 290 g/mol. The molecule has 5 heteroatoms. The molecule has 1 saturated carbocycles. The largest absolute Gasteiger partial charge is 0.369 e. The standard InChI is InChI=1S/C16H26N4O/c1-12(18-16(21)15-8-9-15)6-5-7-13(2)19(4)20-11-10-17-14(20)3/h5-6,13,15,17H,1,3,7-11H2,2,4H3,(H,18,21)/b6-5-. The highest BCUT2D eigenvalue weighted by molar-refractivity contribution is 5.82. The highest BCUT2D eigenvalue weighted by Gasteiger charge is 2.29. The Bertz CT molecular complexity index is 453. The van der Waals surface area contributed by atoms with Gasteiger partial charge in [0.1, 0.15) is 5.82 Å². The first-order valence-corrected chi connectivity index (χ1v) is 7.58. The average Bonchev–Trinajstić information content (AvgIpc) is 3.20. The summed E-state index contributed by atoms with van der Waals surface area (Å²) < 4.78 is 0. The molecule has 1 saturated heterocycles. The smallest absolute Gasteiger partial charge is 0.227 e. The topological polar surface area (TPSA) is 47.6 Å². The molecule has 0 aromatic carbocycles. The zero-order valence-corrected chi connectivity index (χ0v) is 13.1. The van der Waals surface area contributed by atoms with E-state index >= 15 is 0 Å². The van der Waals surface area contributed by atoms with E-state index in [2.05, 4.69) is 53.9 Å². The summed E-state index contributed by atoms with van der Waals surface area (Å²) in [6.45, 7) is 11.9. The first kappa shape index (κ1) is 15.6. The number of carbonyl (C=O) groups excluding carboxylic acids is 1. The molecular formula is C16H26N4O. The maximum absolute atomic E-state index is 11.6. The Kier molecular flexibility index (Phi) is 5.07. The molecule has 1 aliphatic heterocycles. The molecule has 1 heterocycles. The van der Waals surface area contributed by atoms with Crippen LogP contribution in [0.2, 0.25) is 0 Å². The van der Waals surface area contributed by atoms with Crippen LogP contribution in [0.5, 0.6) is 0 Å². The lowest BCUT2D eigenvalue weighted by molar-refractivity contribution is -0.121.